The van der Waals surface area contributed by atoms with Crippen molar-refractivity contribution in [3.05, 3.63) is 139 Å². The Balaban J connectivity index is 0.000000179. The van der Waals surface area contributed by atoms with Gasteiger partial charge in [0.15, 0.2) is 0 Å². The molecule has 0 spiro atoms. The van der Waals surface area contributed by atoms with Crippen LogP contribution >= 0.6 is 0 Å². The van der Waals surface area contributed by atoms with E-state index in [1.165, 1.54) is 0 Å². The lowest BCUT2D eigenvalue weighted by Gasteiger charge is -2.23. The fraction of sp³-hybridized carbons (Fsp3) is 0.319. The average molecular weight is 797 g/mol. The topological polar surface area (TPSA) is 160 Å². The number of carbonyl (C=O) groups is 2. The van der Waals surface area contributed by atoms with E-state index in [9.17, 15) is 24.3 Å². The Kier molecular flexibility index (Phi) is 12.3. The molecule has 2 amide bonds. The lowest BCUT2D eigenvalue weighted by atomic mass is 10.0. The molecule has 2 aliphatic heterocycles. The second-order valence-corrected chi connectivity index (χ2v) is 15.6. The van der Waals surface area contributed by atoms with E-state index < -0.39 is 6.10 Å². The first-order chi connectivity index (χ1) is 28.4. The summed E-state index contributed by atoms with van der Waals surface area (Å²) in [5.74, 6) is -0.362. The van der Waals surface area contributed by atoms with Crippen LogP contribution < -0.4 is 31.6 Å². The zero-order valence-electron chi connectivity index (χ0n) is 34.3. The standard InChI is InChI=1S/C24H27N3O3.C23H25N3O3/c1-15-12-23(28)26-21-8-7-18(14-19(15)21)25-24(29)20-13-17(16(2)30-3)6-9-22(20)27-10-4-5-11-27;1-14-11-22(28)25-20-7-6-17(13-18(14)20)24-23(29)19-12-16(15(2)27)5-8-21(19)26-9-3-4-10-26/h6-9,12-14,16H,4-5,10-11H2,1-3H3,(H,25,29)(H,26,28);5-8,11-13,15,27H,3-4,9-10H2,1-2H3,(H,24,29)(H,25,28). The van der Waals surface area contributed by atoms with Gasteiger partial charge in [-0.2, -0.15) is 0 Å². The molecule has 0 bridgehead atoms. The molecule has 8 rings (SSSR count). The SMILES string of the molecule is COC(C)c1ccc(N2CCCC2)c(C(=O)Nc2ccc3[nH]c(=O)cc(C)c3c2)c1.Cc1cc(=O)[nH]c2ccc(NC(=O)c3cc(C(C)O)ccc3N3CCCC3)cc12. The van der Waals surface area contributed by atoms with Crippen molar-refractivity contribution in [2.75, 3.05) is 53.7 Å². The summed E-state index contributed by atoms with van der Waals surface area (Å²) >= 11 is 0. The van der Waals surface area contributed by atoms with Crippen LogP contribution in [0.15, 0.2) is 94.5 Å². The number of nitrogens with zero attached hydrogens (tertiary/aromatic N) is 2. The summed E-state index contributed by atoms with van der Waals surface area (Å²) in [6, 6.07) is 25.7. The molecule has 4 aromatic carbocycles. The highest BCUT2D eigenvalue weighted by Crippen LogP contribution is 2.31. The van der Waals surface area contributed by atoms with Gasteiger partial charge in [0.05, 0.1) is 23.3 Å². The molecule has 2 saturated heterocycles. The number of fused-ring (bicyclic) bond motifs is 2. The lowest BCUT2D eigenvalue weighted by molar-refractivity contribution is 0.101. The Morgan fingerprint density at radius 1 is 0.627 bits per heavy atom. The highest BCUT2D eigenvalue weighted by atomic mass is 16.5. The molecule has 2 aliphatic rings. The van der Waals surface area contributed by atoms with Gasteiger partial charge in [0.1, 0.15) is 0 Å². The molecule has 0 saturated carbocycles. The van der Waals surface area contributed by atoms with E-state index in [4.69, 9.17) is 4.74 Å². The molecule has 59 heavy (non-hydrogen) atoms. The number of carbonyl (C=O) groups excluding carboxylic acids is 2. The van der Waals surface area contributed by atoms with Gasteiger partial charge in [-0.25, -0.2) is 0 Å². The number of H-pyrrole nitrogens is 2. The molecule has 5 N–H and O–H groups in total. The van der Waals surface area contributed by atoms with E-state index in [1.807, 2.05) is 75.4 Å². The molecule has 2 fully saturated rings. The largest absolute Gasteiger partial charge is 0.389 e. The molecule has 2 aromatic heterocycles. The Morgan fingerprint density at radius 3 is 1.47 bits per heavy atom. The van der Waals surface area contributed by atoms with Crippen molar-refractivity contribution in [1.29, 1.82) is 0 Å². The Labute approximate surface area is 343 Å². The van der Waals surface area contributed by atoms with Crippen molar-refractivity contribution in [3.8, 4) is 0 Å². The Hall–Kier alpha value is -6.24. The molecule has 12 nitrogen and oxygen atoms in total. The van der Waals surface area contributed by atoms with Crippen LogP contribution in [0.5, 0.6) is 0 Å². The van der Waals surface area contributed by atoms with Crippen molar-refractivity contribution in [1.82, 2.24) is 9.97 Å². The summed E-state index contributed by atoms with van der Waals surface area (Å²) in [5, 5.41) is 17.8. The average Bonchev–Trinajstić information content (AvgIpc) is 3.97. The number of nitrogens with one attached hydrogen (secondary N) is 4. The third kappa shape index (κ3) is 9.24. The van der Waals surface area contributed by atoms with Gasteiger partial charge in [0, 0.05) is 90.0 Å². The van der Waals surface area contributed by atoms with Crippen molar-refractivity contribution in [3.63, 3.8) is 0 Å². The van der Waals surface area contributed by atoms with Crippen LogP contribution in [0, 0.1) is 13.8 Å². The highest BCUT2D eigenvalue weighted by molar-refractivity contribution is 6.10. The summed E-state index contributed by atoms with van der Waals surface area (Å²) in [7, 11) is 1.67. The number of amides is 2. The van der Waals surface area contributed by atoms with Gasteiger partial charge in [-0.1, -0.05) is 12.1 Å². The van der Waals surface area contributed by atoms with Crippen LogP contribution in [0.3, 0.4) is 0 Å². The maximum absolute atomic E-state index is 13.3. The number of pyridine rings is 2. The van der Waals surface area contributed by atoms with Crippen LogP contribution in [0.25, 0.3) is 21.8 Å². The van der Waals surface area contributed by atoms with Crippen LogP contribution in [-0.2, 0) is 4.74 Å². The van der Waals surface area contributed by atoms with Crippen molar-refractivity contribution >= 4 is 56.4 Å². The van der Waals surface area contributed by atoms with Gasteiger partial charge < -0.3 is 40.2 Å². The second kappa shape index (κ2) is 17.7. The van der Waals surface area contributed by atoms with E-state index in [0.29, 0.717) is 28.1 Å². The number of aliphatic hydroxyl groups excluding tert-OH is 1. The molecule has 2 atom stereocenters. The molecule has 6 aromatic rings. The lowest BCUT2D eigenvalue weighted by Crippen LogP contribution is -2.23. The first kappa shape index (κ1) is 40.9. The molecule has 12 heteroatoms. The van der Waals surface area contributed by atoms with Gasteiger partial charge in [-0.15, -0.1) is 0 Å². The molecule has 0 aliphatic carbocycles. The summed E-state index contributed by atoms with van der Waals surface area (Å²) in [6.07, 6.45) is 3.76. The maximum Gasteiger partial charge on any atom is 0.257 e. The number of ether oxygens (including phenoxy) is 1. The minimum atomic E-state index is -0.644. The van der Waals surface area contributed by atoms with Crippen LogP contribution in [-0.4, -0.2) is 60.2 Å². The number of aliphatic hydroxyl groups is 1. The molecular weight excluding hydrogens is 745 g/mol. The first-order valence-corrected chi connectivity index (χ1v) is 20.3. The molecule has 306 valence electrons. The van der Waals surface area contributed by atoms with E-state index in [2.05, 4.69) is 30.4 Å². The summed E-state index contributed by atoms with van der Waals surface area (Å²) in [5.41, 5.74) is 9.05. The number of hydrogen-bond donors (Lipinski definition) is 5. The van der Waals surface area contributed by atoms with E-state index in [-0.39, 0.29) is 29.0 Å². The number of anilines is 4. The number of rotatable bonds is 9. The zero-order chi connectivity index (χ0) is 41.8. The Bertz CT molecular complexity index is 2640. The second-order valence-electron chi connectivity index (χ2n) is 15.6. The normalized spacial score (nSPS) is 14.9. The number of aromatic nitrogens is 2. The monoisotopic (exact) mass is 796 g/mol. The molecule has 4 heterocycles. The number of aromatic amines is 2. The van der Waals surface area contributed by atoms with Gasteiger partial charge in [-0.05, 0) is 136 Å². The predicted molar refractivity (Wildman–Crippen MR) is 236 cm³/mol. The summed E-state index contributed by atoms with van der Waals surface area (Å²) < 4.78 is 5.45. The highest BCUT2D eigenvalue weighted by Gasteiger charge is 2.23. The maximum atomic E-state index is 13.3. The van der Waals surface area contributed by atoms with Crippen molar-refractivity contribution in [2.45, 2.75) is 65.6 Å². The minimum Gasteiger partial charge on any atom is -0.389 e. The van der Waals surface area contributed by atoms with E-state index in [0.717, 1.165) is 102 Å². The number of methoxy groups -OCH3 is 1. The van der Waals surface area contributed by atoms with Crippen molar-refractivity contribution < 1.29 is 19.4 Å². The number of aryl methyl sites for hydroxylation is 2. The zero-order valence-corrected chi connectivity index (χ0v) is 34.3. The number of benzene rings is 4. The molecule has 2 unspecified atom stereocenters. The smallest absolute Gasteiger partial charge is 0.257 e. The fourth-order valence-electron chi connectivity index (χ4n) is 7.99. The Morgan fingerprint density at radius 2 is 1.05 bits per heavy atom. The molecular formula is C47H52N6O6. The van der Waals surface area contributed by atoms with Crippen LogP contribution in [0.2, 0.25) is 0 Å². The van der Waals surface area contributed by atoms with Crippen LogP contribution in [0.4, 0.5) is 22.7 Å². The van der Waals surface area contributed by atoms with E-state index in [1.54, 1.807) is 44.4 Å². The third-order valence-corrected chi connectivity index (χ3v) is 11.3. The third-order valence-electron chi connectivity index (χ3n) is 11.3. The fourth-order valence-corrected chi connectivity index (χ4v) is 7.99. The van der Waals surface area contributed by atoms with Gasteiger partial charge in [-0.3, -0.25) is 19.2 Å². The predicted octanol–water partition coefficient (Wildman–Crippen LogP) is 8.14. The van der Waals surface area contributed by atoms with Crippen LogP contribution in [0.1, 0.15) is 94.7 Å². The summed E-state index contributed by atoms with van der Waals surface area (Å²) in [6.45, 7) is 11.2. The van der Waals surface area contributed by atoms with Gasteiger partial charge in [0.25, 0.3) is 11.8 Å². The number of hydrogen-bond acceptors (Lipinski definition) is 8. The van der Waals surface area contributed by atoms with Crippen molar-refractivity contribution in [2.24, 2.45) is 0 Å². The quantitative estimate of drug-likeness (QED) is 0.0981. The first-order valence-electron chi connectivity index (χ1n) is 20.3. The summed E-state index contributed by atoms with van der Waals surface area (Å²) in [4.78, 5) is 59.9. The van der Waals surface area contributed by atoms with Gasteiger partial charge >= 0.3 is 0 Å². The minimum absolute atomic E-state index is 0.0932. The molecule has 0 radical (unpaired) electrons. The van der Waals surface area contributed by atoms with E-state index >= 15 is 0 Å². The van der Waals surface area contributed by atoms with Gasteiger partial charge in [0.2, 0.25) is 11.1 Å².